The minimum absolute atomic E-state index is 0.324. The molecule has 1 heterocycles. The molecule has 0 radical (unpaired) electrons. The van der Waals surface area contributed by atoms with Crippen LogP contribution in [0.15, 0.2) is 23.1 Å². The third kappa shape index (κ3) is 4.10. The van der Waals surface area contributed by atoms with E-state index in [1.165, 1.54) is 0 Å². The number of benzene rings is 1. The molecule has 0 bridgehead atoms. The summed E-state index contributed by atoms with van der Waals surface area (Å²) in [5.74, 6) is -1.10. The van der Waals surface area contributed by atoms with E-state index < -0.39 is 49.6 Å². The van der Waals surface area contributed by atoms with Crippen LogP contribution in [0.4, 0.5) is 23.2 Å². The summed E-state index contributed by atoms with van der Waals surface area (Å²) in [6, 6.07) is 1.51. The summed E-state index contributed by atoms with van der Waals surface area (Å²) in [6.45, 7) is 0.911. The summed E-state index contributed by atoms with van der Waals surface area (Å²) in [4.78, 5) is 12.2. The summed E-state index contributed by atoms with van der Waals surface area (Å²) in [5.41, 5.74) is -4.12. The van der Waals surface area contributed by atoms with Crippen molar-refractivity contribution in [2.45, 2.75) is 13.1 Å². The maximum atomic E-state index is 14.2. The van der Waals surface area contributed by atoms with Crippen molar-refractivity contribution in [1.82, 2.24) is 9.78 Å². The van der Waals surface area contributed by atoms with Gasteiger partial charge < -0.3 is 0 Å². The second-order valence-electron chi connectivity index (χ2n) is 5.01. The van der Waals surface area contributed by atoms with Gasteiger partial charge in [0.2, 0.25) is 10.0 Å². The van der Waals surface area contributed by atoms with Gasteiger partial charge >= 0.3 is 6.18 Å². The van der Waals surface area contributed by atoms with Crippen molar-refractivity contribution >= 4 is 38.9 Å². The molecule has 2 rings (SSSR count). The Kier molecular flexibility index (Phi) is 5.54. The minimum Gasteiger partial charge on any atom is -0.281 e. The molecule has 0 aliphatic heterocycles. The molecular formula is C13H9Cl2F4N3O3S. The van der Waals surface area contributed by atoms with Crippen LogP contribution in [-0.4, -0.2) is 23.4 Å². The fraction of sp³-hybridized carbons (Fsp3) is 0.231. The van der Waals surface area contributed by atoms with Crippen molar-refractivity contribution in [3.8, 4) is 5.69 Å². The van der Waals surface area contributed by atoms with Crippen LogP contribution in [0.5, 0.6) is 0 Å². The molecule has 0 atom stereocenters. The van der Waals surface area contributed by atoms with Crippen LogP contribution in [0, 0.1) is 12.7 Å². The summed E-state index contributed by atoms with van der Waals surface area (Å²) in [7, 11) is -4.00. The van der Waals surface area contributed by atoms with Gasteiger partial charge in [-0.15, -0.1) is 11.6 Å². The zero-order valence-corrected chi connectivity index (χ0v) is 15.1. The molecule has 26 heavy (non-hydrogen) atoms. The van der Waals surface area contributed by atoms with E-state index in [-0.39, 0.29) is 10.7 Å². The van der Waals surface area contributed by atoms with Crippen molar-refractivity contribution in [2.75, 3.05) is 9.93 Å². The highest BCUT2D eigenvalue weighted by molar-refractivity contribution is 7.93. The van der Waals surface area contributed by atoms with Crippen LogP contribution in [-0.2, 0) is 16.2 Å². The van der Waals surface area contributed by atoms with Gasteiger partial charge in [-0.25, -0.2) is 12.8 Å². The molecule has 0 aliphatic carbocycles. The van der Waals surface area contributed by atoms with Crippen LogP contribution in [0.2, 0.25) is 5.02 Å². The van der Waals surface area contributed by atoms with Gasteiger partial charge in [-0.2, -0.15) is 23.0 Å². The summed E-state index contributed by atoms with van der Waals surface area (Å²) >= 11 is 11.0. The fourth-order valence-electron chi connectivity index (χ4n) is 1.97. The van der Waals surface area contributed by atoms with Crippen molar-refractivity contribution in [3.63, 3.8) is 0 Å². The van der Waals surface area contributed by atoms with Crippen molar-refractivity contribution in [2.24, 2.45) is 0 Å². The van der Waals surface area contributed by atoms with E-state index in [9.17, 15) is 30.8 Å². The lowest BCUT2D eigenvalue weighted by Gasteiger charge is -2.14. The number of hydrogen-bond acceptors (Lipinski definition) is 4. The van der Waals surface area contributed by atoms with E-state index in [1.54, 1.807) is 0 Å². The fourth-order valence-corrected chi connectivity index (χ4v) is 2.94. The maximum absolute atomic E-state index is 14.2. The van der Waals surface area contributed by atoms with Crippen LogP contribution < -0.4 is 10.3 Å². The Morgan fingerprint density at radius 1 is 1.31 bits per heavy atom. The zero-order chi connectivity index (χ0) is 19.9. The van der Waals surface area contributed by atoms with Gasteiger partial charge in [0.05, 0.1) is 22.5 Å². The van der Waals surface area contributed by atoms with E-state index in [0.29, 0.717) is 16.9 Å². The number of anilines is 1. The zero-order valence-electron chi connectivity index (χ0n) is 12.7. The average Bonchev–Trinajstić information content (AvgIpc) is 2.51. The van der Waals surface area contributed by atoms with E-state index in [2.05, 4.69) is 5.10 Å². The highest BCUT2D eigenvalue weighted by atomic mass is 35.5. The normalized spacial score (nSPS) is 12.3. The SMILES string of the molecule is Cc1c(C(F)(F)F)cnn(-c2cc(NS(=O)(=O)CCl)c(Cl)cc2F)c1=O. The Bertz CT molecular complexity index is 1020. The van der Waals surface area contributed by atoms with Gasteiger partial charge in [-0.3, -0.25) is 9.52 Å². The predicted molar refractivity (Wildman–Crippen MR) is 87.8 cm³/mol. The number of nitrogens with one attached hydrogen (secondary N) is 1. The highest BCUT2D eigenvalue weighted by Crippen LogP contribution is 2.31. The second kappa shape index (κ2) is 7.05. The van der Waals surface area contributed by atoms with Crippen LogP contribution in [0.25, 0.3) is 5.69 Å². The summed E-state index contributed by atoms with van der Waals surface area (Å²) < 4.78 is 78.0. The predicted octanol–water partition coefficient (Wildman–Crippen LogP) is 3.29. The van der Waals surface area contributed by atoms with E-state index >= 15 is 0 Å². The van der Waals surface area contributed by atoms with E-state index in [4.69, 9.17) is 23.2 Å². The third-order valence-electron chi connectivity index (χ3n) is 3.20. The Morgan fingerprint density at radius 3 is 2.46 bits per heavy atom. The second-order valence-corrected chi connectivity index (χ2v) is 7.72. The molecule has 0 aliphatic rings. The molecule has 0 amide bonds. The van der Waals surface area contributed by atoms with Crippen LogP contribution in [0.1, 0.15) is 11.1 Å². The van der Waals surface area contributed by atoms with Gasteiger partial charge in [0.25, 0.3) is 5.56 Å². The van der Waals surface area contributed by atoms with Crippen molar-refractivity contribution in [1.29, 1.82) is 0 Å². The molecule has 142 valence electrons. The van der Waals surface area contributed by atoms with Crippen LogP contribution in [0.3, 0.4) is 0 Å². The minimum atomic E-state index is -4.81. The van der Waals surface area contributed by atoms with Crippen molar-refractivity contribution in [3.05, 3.63) is 50.7 Å². The Labute approximate surface area is 154 Å². The maximum Gasteiger partial charge on any atom is 0.418 e. The Hall–Kier alpha value is -1.85. The molecule has 6 nitrogen and oxygen atoms in total. The molecular weight excluding hydrogens is 425 g/mol. The van der Waals surface area contributed by atoms with Gasteiger partial charge in [-0.05, 0) is 19.1 Å². The van der Waals surface area contributed by atoms with E-state index in [1.807, 2.05) is 4.72 Å². The lowest BCUT2D eigenvalue weighted by Crippen LogP contribution is -2.28. The van der Waals surface area contributed by atoms with Gasteiger partial charge in [0, 0.05) is 5.56 Å². The molecule has 0 fully saturated rings. The van der Waals surface area contributed by atoms with Crippen molar-refractivity contribution < 1.29 is 26.0 Å². The monoisotopic (exact) mass is 433 g/mol. The van der Waals surface area contributed by atoms with Crippen LogP contribution >= 0.6 is 23.2 Å². The topological polar surface area (TPSA) is 81.1 Å². The number of halogens is 6. The van der Waals surface area contributed by atoms with Gasteiger partial charge in [0.15, 0.2) is 5.82 Å². The summed E-state index contributed by atoms with van der Waals surface area (Å²) in [6.07, 6.45) is -4.44. The molecule has 0 saturated carbocycles. The molecule has 13 heteroatoms. The molecule has 0 saturated heterocycles. The molecule has 1 N–H and O–H groups in total. The van der Waals surface area contributed by atoms with E-state index in [0.717, 1.165) is 13.0 Å². The number of hydrogen-bond donors (Lipinski definition) is 1. The molecule has 0 spiro atoms. The Balaban J connectivity index is 2.66. The molecule has 1 aromatic carbocycles. The first-order chi connectivity index (χ1) is 11.9. The standard InChI is InChI=1S/C13H9Cl2F4N3O3S/c1-6-7(13(17,18)19)4-20-22(12(6)23)11-3-10(8(15)2-9(11)16)21-26(24,25)5-14/h2-4,21H,5H2,1H3. The highest BCUT2D eigenvalue weighted by Gasteiger charge is 2.34. The Morgan fingerprint density at radius 2 is 1.92 bits per heavy atom. The smallest absolute Gasteiger partial charge is 0.281 e. The number of nitrogens with zero attached hydrogens (tertiary/aromatic N) is 2. The lowest BCUT2D eigenvalue weighted by atomic mass is 10.2. The first-order valence-corrected chi connectivity index (χ1v) is 9.16. The molecule has 1 aromatic heterocycles. The number of rotatable bonds is 4. The quantitative estimate of drug-likeness (QED) is 0.592. The molecule has 0 unspecified atom stereocenters. The first-order valence-electron chi connectivity index (χ1n) is 6.59. The first kappa shape index (κ1) is 20.5. The number of sulfonamides is 1. The van der Waals surface area contributed by atoms with Gasteiger partial charge in [0.1, 0.15) is 10.9 Å². The number of aromatic nitrogens is 2. The third-order valence-corrected chi connectivity index (χ3v) is 5.19. The lowest BCUT2D eigenvalue weighted by molar-refractivity contribution is -0.138. The average molecular weight is 434 g/mol. The molecule has 2 aromatic rings. The summed E-state index contributed by atoms with van der Waals surface area (Å²) in [5, 5.41) is 2.15. The number of alkyl halides is 4. The largest absolute Gasteiger partial charge is 0.418 e. The van der Waals surface area contributed by atoms with Gasteiger partial charge in [-0.1, -0.05) is 11.6 Å².